The van der Waals surface area contributed by atoms with Crippen molar-refractivity contribution in [1.82, 2.24) is 10.2 Å². The smallest absolute Gasteiger partial charge is 0.323 e. The third kappa shape index (κ3) is 3.66. The summed E-state index contributed by atoms with van der Waals surface area (Å²) in [5, 5.41) is 13.8. The van der Waals surface area contributed by atoms with Crippen LogP contribution in [0.15, 0.2) is 77.2 Å². The largest absolute Gasteiger partial charge is 0.454 e. The molecule has 30 heavy (non-hydrogen) atoms. The first-order valence-corrected chi connectivity index (χ1v) is 9.22. The molecule has 8 nitrogen and oxygen atoms in total. The van der Waals surface area contributed by atoms with Gasteiger partial charge in [0, 0.05) is 28.6 Å². The van der Waals surface area contributed by atoms with Crippen molar-refractivity contribution in [3.05, 3.63) is 72.8 Å². The molecule has 1 aliphatic rings. The summed E-state index contributed by atoms with van der Waals surface area (Å²) < 4.78 is 16.4. The summed E-state index contributed by atoms with van der Waals surface area (Å²) in [7, 11) is 0. The molecule has 3 aromatic carbocycles. The number of rotatable bonds is 4. The Morgan fingerprint density at radius 1 is 0.733 bits per heavy atom. The maximum Gasteiger partial charge on any atom is 0.323 e. The summed E-state index contributed by atoms with van der Waals surface area (Å²) in [4.78, 5) is 12.4. The Bertz CT molecular complexity index is 1210. The van der Waals surface area contributed by atoms with E-state index >= 15 is 0 Å². The highest BCUT2D eigenvalue weighted by Gasteiger charge is 2.15. The van der Waals surface area contributed by atoms with Crippen LogP contribution in [0.4, 0.5) is 16.2 Å². The molecule has 0 fully saturated rings. The number of carbonyl (C=O) groups excluding carboxylic acids is 1. The number of ether oxygens (including phenoxy) is 2. The number of amides is 2. The minimum Gasteiger partial charge on any atom is -0.454 e. The number of hydrogen-bond donors (Lipinski definition) is 2. The average molecular weight is 400 g/mol. The lowest BCUT2D eigenvalue weighted by Gasteiger charge is -2.09. The summed E-state index contributed by atoms with van der Waals surface area (Å²) in [5.74, 6) is 2.06. The zero-order chi connectivity index (χ0) is 20.3. The molecular formula is C22H16N4O4. The Hall–Kier alpha value is -4.33. The van der Waals surface area contributed by atoms with Gasteiger partial charge in [0.15, 0.2) is 11.5 Å². The van der Waals surface area contributed by atoms with Crippen LogP contribution in [0.2, 0.25) is 0 Å². The number of aromatic nitrogens is 2. The third-order valence-corrected chi connectivity index (χ3v) is 4.44. The standard InChI is InChI=1S/C22H16N4O4/c27-22(24-17-9-10-18-19(12-17)29-13-28-18)23-16-8-4-7-15(11-16)21-26-25-20(30-21)14-5-2-1-3-6-14/h1-12H,13H2,(H2,23,24,27). The van der Waals surface area contributed by atoms with E-state index in [4.69, 9.17) is 13.9 Å². The van der Waals surface area contributed by atoms with Gasteiger partial charge < -0.3 is 24.5 Å². The van der Waals surface area contributed by atoms with Crippen molar-refractivity contribution in [3.63, 3.8) is 0 Å². The van der Waals surface area contributed by atoms with Gasteiger partial charge in [-0.1, -0.05) is 24.3 Å². The highest BCUT2D eigenvalue weighted by atomic mass is 16.7. The van der Waals surface area contributed by atoms with E-state index in [0.717, 1.165) is 5.56 Å². The van der Waals surface area contributed by atoms with Crippen molar-refractivity contribution in [2.24, 2.45) is 0 Å². The third-order valence-electron chi connectivity index (χ3n) is 4.44. The fourth-order valence-electron chi connectivity index (χ4n) is 3.03. The van der Waals surface area contributed by atoms with Crippen LogP contribution in [0.25, 0.3) is 22.9 Å². The van der Waals surface area contributed by atoms with Gasteiger partial charge in [0.25, 0.3) is 0 Å². The van der Waals surface area contributed by atoms with Crippen molar-refractivity contribution >= 4 is 17.4 Å². The molecule has 0 saturated carbocycles. The van der Waals surface area contributed by atoms with E-state index < -0.39 is 0 Å². The molecule has 1 aromatic heterocycles. The first-order chi connectivity index (χ1) is 14.7. The van der Waals surface area contributed by atoms with E-state index in [1.165, 1.54) is 0 Å². The Kier molecular flexibility index (Phi) is 4.49. The number of carbonyl (C=O) groups is 1. The molecule has 0 aliphatic carbocycles. The Morgan fingerprint density at radius 2 is 1.43 bits per heavy atom. The maximum atomic E-state index is 12.4. The van der Waals surface area contributed by atoms with Crippen molar-refractivity contribution in [1.29, 1.82) is 0 Å². The summed E-state index contributed by atoms with van der Waals surface area (Å²) >= 11 is 0. The predicted octanol–water partition coefficient (Wildman–Crippen LogP) is 4.78. The van der Waals surface area contributed by atoms with Crippen LogP contribution in [-0.4, -0.2) is 23.0 Å². The molecule has 2 heterocycles. The number of nitrogens with one attached hydrogen (secondary N) is 2. The highest BCUT2D eigenvalue weighted by Crippen LogP contribution is 2.34. The SMILES string of the molecule is O=C(Nc1cccc(-c2nnc(-c3ccccc3)o2)c1)Nc1ccc2c(c1)OCO2. The molecule has 0 radical (unpaired) electrons. The number of benzene rings is 3. The zero-order valence-electron chi connectivity index (χ0n) is 15.7. The second-order valence-electron chi connectivity index (χ2n) is 6.51. The van der Waals surface area contributed by atoms with Crippen LogP contribution in [0.1, 0.15) is 0 Å². The van der Waals surface area contributed by atoms with Crippen molar-refractivity contribution in [2.45, 2.75) is 0 Å². The van der Waals surface area contributed by atoms with Gasteiger partial charge in [-0.2, -0.15) is 0 Å². The number of urea groups is 1. The van der Waals surface area contributed by atoms with Crippen LogP contribution in [0.3, 0.4) is 0 Å². The lowest BCUT2D eigenvalue weighted by Crippen LogP contribution is -2.19. The van der Waals surface area contributed by atoms with Crippen LogP contribution in [-0.2, 0) is 0 Å². The molecule has 8 heteroatoms. The first kappa shape index (κ1) is 17.7. The molecule has 148 valence electrons. The number of anilines is 2. The monoisotopic (exact) mass is 400 g/mol. The van der Waals surface area contributed by atoms with Gasteiger partial charge in [-0.05, 0) is 42.5 Å². The lowest BCUT2D eigenvalue weighted by molar-refractivity contribution is 0.174. The fraction of sp³-hybridized carbons (Fsp3) is 0.0455. The fourth-order valence-corrected chi connectivity index (χ4v) is 3.03. The summed E-state index contributed by atoms with van der Waals surface area (Å²) in [5.41, 5.74) is 2.72. The second-order valence-corrected chi connectivity index (χ2v) is 6.51. The molecule has 0 saturated heterocycles. The van der Waals surface area contributed by atoms with Crippen LogP contribution < -0.4 is 20.1 Å². The molecule has 1 aliphatic heterocycles. The zero-order valence-corrected chi connectivity index (χ0v) is 15.7. The number of nitrogens with zero attached hydrogens (tertiary/aromatic N) is 2. The maximum absolute atomic E-state index is 12.4. The van der Waals surface area contributed by atoms with Gasteiger partial charge in [0.1, 0.15) is 0 Å². The van der Waals surface area contributed by atoms with E-state index in [1.807, 2.05) is 36.4 Å². The summed E-state index contributed by atoms with van der Waals surface area (Å²) in [6.07, 6.45) is 0. The van der Waals surface area contributed by atoms with Gasteiger partial charge >= 0.3 is 6.03 Å². The van der Waals surface area contributed by atoms with E-state index in [1.54, 1.807) is 36.4 Å². The van der Waals surface area contributed by atoms with Gasteiger partial charge in [0.05, 0.1) is 0 Å². The molecule has 2 N–H and O–H groups in total. The quantitative estimate of drug-likeness (QED) is 0.512. The van der Waals surface area contributed by atoms with Crippen LogP contribution >= 0.6 is 0 Å². The van der Waals surface area contributed by atoms with E-state index in [2.05, 4.69) is 20.8 Å². The van der Waals surface area contributed by atoms with Crippen molar-refractivity contribution < 1.29 is 18.7 Å². The Labute approximate surface area is 171 Å². The second kappa shape index (κ2) is 7.59. The topological polar surface area (TPSA) is 98.5 Å². The molecular weight excluding hydrogens is 384 g/mol. The van der Waals surface area contributed by atoms with Crippen molar-refractivity contribution in [3.8, 4) is 34.4 Å². The summed E-state index contributed by atoms with van der Waals surface area (Å²) in [6.45, 7) is 0.180. The first-order valence-electron chi connectivity index (χ1n) is 9.22. The minimum atomic E-state index is -0.387. The van der Waals surface area contributed by atoms with E-state index in [9.17, 15) is 4.79 Å². The molecule has 0 spiro atoms. The van der Waals surface area contributed by atoms with Gasteiger partial charge in [-0.15, -0.1) is 10.2 Å². The molecule has 2 amide bonds. The molecule has 0 bridgehead atoms. The number of hydrogen-bond acceptors (Lipinski definition) is 6. The highest BCUT2D eigenvalue weighted by molar-refractivity contribution is 6.00. The molecule has 0 atom stereocenters. The van der Waals surface area contributed by atoms with Crippen LogP contribution in [0.5, 0.6) is 11.5 Å². The molecule has 5 rings (SSSR count). The average Bonchev–Trinajstić information content (AvgIpc) is 3.44. The van der Waals surface area contributed by atoms with E-state index in [0.29, 0.717) is 40.2 Å². The Balaban J connectivity index is 1.29. The molecule has 4 aromatic rings. The van der Waals surface area contributed by atoms with Crippen molar-refractivity contribution in [2.75, 3.05) is 17.4 Å². The predicted molar refractivity (Wildman–Crippen MR) is 110 cm³/mol. The van der Waals surface area contributed by atoms with Crippen LogP contribution in [0, 0.1) is 0 Å². The minimum absolute atomic E-state index is 0.180. The lowest BCUT2D eigenvalue weighted by atomic mass is 10.2. The summed E-state index contributed by atoms with van der Waals surface area (Å²) in [6, 6.07) is 21.5. The van der Waals surface area contributed by atoms with Gasteiger partial charge in [0.2, 0.25) is 18.6 Å². The number of fused-ring (bicyclic) bond motifs is 1. The van der Waals surface area contributed by atoms with Gasteiger partial charge in [-0.25, -0.2) is 4.79 Å². The normalized spacial score (nSPS) is 11.9. The van der Waals surface area contributed by atoms with Gasteiger partial charge in [-0.3, -0.25) is 0 Å². The molecule has 0 unspecified atom stereocenters. The van der Waals surface area contributed by atoms with E-state index in [-0.39, 0.29) is 12.8 Å². The Morgan fingerprint density at radius 3 is 2.27 bits per heavy atom.